The van der Waals surface area contributed by atoms with Crippen LogP contribution in [0.15, 0.2) is 41.5 Å². The summed E-state index contributed by atoms with van der Waals surface area (Å²) in [6.07, 6.45) is -4.39. The Hall–Kier alpha value is -3.18. The van der Waals surface area contributed by atoms with Crippen LogP contribution in [0.1, 0.15) is 16.8 Å². The molecule has 2 aromatic rings. The molecule has 1 saturated heterocycles. The van der Waals surface area contributed by atoms with Gasteiger partial charge in [0, 0.05) is 30.1 Å². The van der Waals surface area contributed by atoms with E-state index in [4.69, 9.17) is 15.2 Å². The average Bonchev–Trinajstić information content (AvgIpc) is 3.12. The number of carbonyl (C=O) groups is 1. The van der Waals surface area contributed by atoms with E-state index in [1.54, 1.807) is 0 Å². The second-order valence-electron chi connectivity index (χ2n) is 6.80. The van der Waals surface area contributed by atoms with Crippen LogP contribution in [0.2, 0.25) is 0 Å². The van der Waals surface area contributed by atoms with E-state index in [1.165, 1.54) is 37.4 Å². The smallest absolute Gasteiger partial charge is 0.433 e. The molecule has 2 atom stereocenters. The van der Waals surface area contributed by atoms with E-state index in [2.05, 4.69) is 15.3 Å². The maximum atomic E-state index is 13.1. The van der Waals surface area contributed by atoms with Gasteiger partial charge in [-0.1, -0.05) is 6.07 Å². The number of carbonyl (C=O) groups excluding carboxylic acids is 1. The number of hydrogen-bond donors (Lipinski definition) is 3. The van der Waals surface area contributed by atoms with Crippen molar-refractivity contribution in [3.8, 4) is 5.75 Å². The first-order valence-corrected chi connectivity index (χ1v) is 9.28. The van der Waals surface area contributed by atoms with E-state index in [0.717, 1.165) is 6.20 Å². The van der Waals surface area contributed by atoms with Gasteiger partial charge in [0.15, 0.2) is 5.69 Å². The van der Waals surface area contributed by atoms with Crippen LogP contribution < -0.4 is 15.8 Å². The average molecular weight is 438 g/mol. The summed E-state index contributed by atoms with van der Waals surface area (Å²) >= 11 is 0. The highest BCUT2D eigenvalue weighted by molar-refractivity contribution is 6.46. The van der Waals surface area contributed by atoms with Gasteiger partial charge in [0.2, 0.25) is 0 Å². The molecule has 0 saturated carbocycles. The molecule has 1 fully saturated rings. The summed E-state index contributed by atoms with van der Waals surface area (Å²) in [5.41, 5.74) is 5.27. The molecule has 0 radical (unpaired) electrons. The Morgan fingerprint density at radius 1 is 1.39 bits per heavy atom. The summed E-state index contributed by atoms with van der Waals surface area (Å²) in [6, 6.07) is 6.43. The van der Waals surface area contributed by atoms with Crippen LogP contribution in [0.25, 0.3) is 0 Å². The zero-order chi connectivity index (χ0) is 22.6. The normalized spacial score (nSPS) is 19.3. The van der Waals surface area contributed by atoms with Crippen LogP contribution in [0.5, 0.6) is 5.75 Å². The number of nitrogens with one attached hydrogen (secondary N) is 1. The maximum absolute atomic E-state index is 13.1. The molecule has 1 amide bonds. The molecule has 0 bridgehead atoms. The van der Waals surface area contributed by atoms with Gasteiger partial charge in [0.1, 0.15) is 18.1 Å². The first-order valence-electron chi connectivity index (χ1n) is 9.28. The molecule has 0 aliphatic carbocycles. The largest absolute Gasteiger partial charge is 0.489 e. The molecule has 0 unspecified atom stereocenters. The minimum atomic E-state index is -4.61. The topological polar surface area (TPSA) is 119 Å². The molecule has 8 nitrogen and oxygen atoms in total. The second kappa shape index (κ2) is 9.31. The maximum Gasteiger partial charge on any atom is 0.433 e. The number of alkyl halides is 3. The highest BCUT2D eigenvalue weighted by Crippen LogP contribution is 2.31. The van der Waals surface area contributed by atoms with E-state index >= 15 is 0 Å². The van der Waals surface area contributed by atoms with Gasteiger partial charge in [-0.15, -0.1) is 0 Å². The third kappa shape index (κ3) is 5.30. The standard InChI is InChI=1S/C20H21F3N4O4/c1-25-17(19(29)27-15-9-30-10-16(15)28)13-7-12(4-5-14(13)24)31-8-11-3-2-6-26-18(11)20(21,22)23/h2-7,15-16,28H,8-10,24H2,1H3,(H,27,29)/t15-,16+/m1/s1. The van der Waals surface area contributed by atoms with Crippen molar-refractivity contribution in [1.82, 2.24) is 10.3 Å². The zero-order valence-electron chi connectivity index (χ0n) is 16.5. The fourth-order valence-corrected chi connectivity index (χ4v) is 3.06. The molecule has 3 rings (SSSR count). The van der Waals surface area contributed by atoms with Crippen LogP contribution in [0.4, 0.5) is 18.9 Å². The van der Waals surface area contributed by atoms with Gasteiger partial charge in [0.05, 0.1) is 25.4 Å². The Bertz CT molecular complexity index is 981. The molecular formula is C20H21F3N4O4. The number of nitrogens with zero attached hydrogens (tertiary/aromatic N) is 2. The minimum Gasteiger partial charge on any atom is -0.489 e. The number of aliphatic hydroxyl groups is 1. The number of aliphatic hydroxyl groups excluding tert-OH is 1. The Labute approximate surface area is 175 Å². The van der Waals surface area contributed by atoms with Gasteiger partial charge in [-0.25, -0.2) is 0 Å². The van der Waals surface area contributed by atoms with Gasteiger partial charge in [-0.3, -0.25) is 14.8 Å². The van der Waals surface area contributed by atoms with Crippen molar-refractivity contribution >= 4 is 17.3 Å². The molecule has 1 aromatic carbocycles. The molecule has 11 heteroatoms. The summed E-state index contributed by atoms with van der Waals surface area (Å²) in [5, 5.41) is 12.4. The monoisotopic (exact) mass is 438 g/mol. The quantitative estimate of drug-likeness (QED) is 0.465. The van der Waals surface area contributed by atoms with Crippen molar-refractivity contribution in [3.05, 3.63) is 53.3 Å². The number of ether oxygens (including phenoxy) is 2. The summed E-state index contributed by atoms with van der Waals surface area (Å²) in [4.78, 5) is 20.0. The number of nitrogen functional groups attached to an aromatic ring is 1. The van der Waals surface area contributed by atoms with Gasteiger partial charge in [0.25, 0.3) is 5.91 Å². The molecule has 1 aromatic heterocycles. The molecule has 1 aliphatic rings. The number of halogens is 3. The molecule has 31 heavy (non-hydrogen) atoms. The number of amides is 1. The number of aliphatic imine (C=N–C) groups is 1. The predicted molar refractivity (Wildman–Crippen MR) is 106 cm³/mol. The Kier molecular flexibility index (Phi) is 6.76. The van der Waals surface area contributed by atoms with Crippen molar-refractivity contribution in [2.75, 3.05) is 26.0 Å². The van der Waals surface area contributed by atoms with E-state index < -0.39 is 29.9 Å². The van der Waals surface area contributed by atoms with Crippen molar-refractivity contribution < 1.29 is 32.5 Å². The molecular weight excluding hydrogens is 417 g/mol. The van der Waals surface area contributed by atoms with Crippen molar-refractivity contribution in [1.29, 1.82) is 0 Å². The molecule has 1 aliphatic heterocycles. The van der Waals surface area contributed by atoms with Gasteiger partial charge >= 0.3 is 6.18 Å². The SMILES string of the molecule is CN=C(C(=O)N[C@@H]1COC[C@@H]1O)c1cc(OCc2cccnc2C(F)(F)F)ccc1N. The first kappa shape index (κ1) is 22.5. The molecule has 166 valence electrons. The van der Waals surface area contributed by atoms with Crippen LogP contribution in [-0.4, -0.2) is 54.1 Å². The molecule has 2 heterocycles. The Morgan fingerprint density at radius 3 is 2.81 bits per heavy atom. The fraction of sp³-hybridized carbons (Fsp3) is 0.350. The third-order valence-electron chi connectivity index (χ3n) is 4.64. The van der Waals surface area contributed by atoms with Crippen LogP contribution in [0.3, 0.4) is 0 Å². The number of rotatable bonds is 6. The van der Waals surface area contributed by atoms with Crippen LogP contribution in [-0.2, 0) is 22.3 Å². The number of benzene rings is 1. The van der Waals surface area contributed by atoms with E-state index in [0.29, 0.717) is 0 Å². The minimum absolute atomic E-state index is 0.0144. The summed E-state index contributed by atoms with van der Waals surface area (Å²) < 4.78 is 49.9. The van der Waals surface area contributed by atoms with Gasteiger partial charge in [-0.05, 0) is 24.3 Å². The van der Waals surface area contributed by atoms with E-state index in [-0.39, 0.29) is 48.1 Å². The lowest BCUT2D eigenvalue weighted by atomic mass is 10.1. The van der Waals surface area contributed by atoms with Crippen LogP contribution in [0, 0.1) is 0 Å². The third-order valence-corrected chi connectivity index (χ3v) is 4.64. The van der Waals surface area contributed by atoms with Crippen molar-refractivity contribution in [2.24, 2.45) is 4.99 Å². The Morgan fingerprint density at radius 2 is 2.16 bits per heavy atom. The fourth-order valence-electron chi connectivity index (χ4n) is 3.06. The number of pyridine rings is 1. The van der Waals surface area contributed by atoms with Crippen molar-refractivity contribution in [2.45, 2.75) is 24.9 Å². The summed E-state index contributed by atoms with van der Waals surface area (Å²) in [7, 11) is 1.40. The van der Waals surface area contributed by atoms with Gasteiger partial charge < -0.3 is 25.6 Å². The van der Waals surface area contributed by atoms with Crippen LogP contribution >= 0.6 is 0 Å². The van der Waals surface area contributed by atoms with Gasteiger partial charge in [-0.2, -0.15) is 13.2 Å². The van der Waals surface area contributed by atoms with E-state index in [1.807, 2.05) is 0 Å². The molecule has 0 spiro atoms. The highest BCUT2D eigenvalue weighted by atomic mass is 19.4. The highest BCUT2D eigenvalue weighted by Gasteiger charge is 2.35. The number of hydrogen-bond acceptors (Lipinski definition) is 7. The second-order valence-corrected chi connectivity index (χ2v) is 6.80. The predicted octanol–water partition coefficient (Wildman–Crippen LogP) is 1.56. The number of anilines is 1. The van der Waals surface area contributed by atoms with Crippen molar-refractivity contribution in [3.63, 3.8) is 0 Å². The summed E-state index contributed by atoms with van der Waals surface area (Å²) in [5.74, 6) is -0.383. The lowest BCUT2D eigenvalue weighted by molar-refractivity contribution is -0.142. The Balaban J connectivity index is 1.78. The first-order chi connectivity index (χ1) is 14.7. The lowest BCUT2D eigenvalue weighted by Crippen LogP contribution is -2.45. The number of nitrogens with two attached hydrogens (primary N) is 1. The van der Waals surface area contributed by atoms with E-state index in [9.17, 15) is 23.1 Å². The lowest BCUT2D eigenvalue weighted by Gasteiger charge is -2.17. The summed E-state index contributed by atoms with van der Waals surface area (Å²) in [6.45, 7) is -0.110. The zero-order valence-corrected chi connectivity index (χ0v) is 16.5. The molecule has 4 N–H and O–H groups in total. The number of aromatic nitrogens is 1.